The summed E-state index contributed by atoms with van der Waals surface area (Å²) in [5.41, 5.74) is -1.66. The van der Waals surface area contributed by atoms with Crippen LogP contribution in [0, 0.1) is 23.3 Å². The molecule has 0 heterocycles. The Morgan fingerprint density at radius 2 is 1.19 bits per heavy atom. The van der Waals surface area contributed by atoms with E-state index in [-0.39, 0.29) is 0 Å². The van der Waals surface area contributed by atoms with Crippen molar-refractivity contribution in [2.45, 2.75) is 26.2 Å². The Morgan fingerprint density at radius 3 is 1.44 bits per heavy atom. The van der Waals surface area contributed by atoms with E-state index in [0.717, 1.165) is 7.11 Å². The minimum absolute atomic E-state index is 0.622. The zero-order valence-electron chi connectivity index (χ0n) is 9.42. The molecular formula is C11H12F4O. The van der Waals surface area contributed by atoms with Crippen molar-refractivity contribution in [2.24, 2.45) is 0 Å². The number of rotatable bonds is 1. The molecule has 0 aromatic heterocycles. The van der Waals surface area contributed by atoms with Gasteiger partial charge in [-0.15, -0.1) is 0 Å². The lowest BCUT2D eigenvalue weighted by molar-refractivity contribution is 0.321. The third-order valence-corrected chi connectivity index (χ3v) is 2.18. The van der Waals surface area contributed by atoms with Crippen LogP contribution in [-0.4, -0.2) is 7.11 Å². The zero-order chi connectivity index (χ0) is 12.7. The number of methoxy groups -OCH3 is 1. The average Bonchev–Trinajstić information content (AvgIpc) is 2.14. The molecule has 1 aromatic rings. The summed E-state index contributed by atoms with van der Waals surface area (Å²) in [4.78, 5) is 0. The highest BCUT2D eigenvalue weighted by Crippen LogP contribution is 2.35. The molecule has 0 N–H and O–H groups in total. The molecule has 1 nitrogen and oxygen atoms in total. The molecule has 0 aliphatic heterocycles. The normalized spacial score (nSPS) is 11.8. The van der Waals surface area contributed by atoms with Gasteiger partial charge in [0.25, 0.3) is 0 Å². The third kappa shape index (κ3) is 1.86. The summed E-state index contributed by atoms with van der Waals surface area (Å²) in [5, 5.41) is 0. The van der Waals surface area contributed by atoms with Gasteiger partial charge in [-0.3, -0.25) is 0 Å². The first-order chi connectivity index (χ1) is 7.21. The van der Waals surface area contributed by atoms with Gasteiger partial charge in [-0.05, 0) is 5.41 Å². The van der Waals surface area contributed by atoms with E-state index in [1.807, 2.05) is 0 Å². The second-order valence-corrected chi connectivity index (χ2v) is 4.41. The van der Waals surface area contributed by atoms with Gasteiger partial charge in [0.15, 0.2) is 17.4 Å². The molecule has 0 saturated heterocycles. The summed E-state index contributed by atoms with van der Waals surface area (Å²) < 4.78 is 58.0. The third-order valence-electron chi connectivity index (χ3n) is 2.18. The smallest absolute Gasteiger partial charge is 0.204 e. The molecule has 0 saturated carbocycles. The maximum atomic E-state index is 13.5. The average molecular weight is 236 g/mol. The largest absolute Gasteiger partial charge is 0.491 e. The summed E-state index contributed by atoms with van der Waals surface area (Å²) >= 11 is 0. The molecule has 0 spiro atoms. The second-order valence-electron chi connectivity index (χ2n) is 4.41. The predicted octanol–water partition coefficient (Wildman–Crippen LogP) is 3.55. The molecule has 0 amide bonds. The molecule has 0 aliphatic rings. The van der Waals surface area contributed by atoms with E-state index < -0.39 is 40.0 Å². The van der Waals surface area contributed by atoms with Crippen molar-refractivity contribution in [2.75, 3.05) is 7.11 Å². The van der Waals surface area contributed by atoms with E-state index in [0.29, 0.717) is 0 Å². The SMILES string of the molecule is COc1c(F)c(F)c(C(C)(C)C)c(F)c1F. The summed E-state index contributed by atoms with van der Waals surface area (Å²) in [6, 6.07) is 0. The number of benzene rings is 1. The molecule has 0 atom stereocenters. The highest BCUT2D eigenvalue weighted by molar-refractivity contribution is 5.37. The minimum Gasteiger partial charge on any atom is -0.491 e. The van der Waals surface area contributed by atoms with Gasteiger partial charge < -0.3 is 4.74 Å². The van der Waals surface area contributed by atoms with Gasteiger partial charge in [-0.1, -0.05) is 20.8 Å². The van der Waals surface area contributed by atoms with Crippen molar-refractivity contribution < 1.29 is 22.3 Å². The van der Waals surface area contributed by atoms with Crippen LogP contribution in [-0.2, 0) is 5.41 Å². The van der Waals surface area contributed by atoms with E-state index in [1.165, 1.54) is 20.8 Å². The lowest BCUT2D eigenvalue weighted by Gasteiger charge is -2.22. The summed E-state index contributed by atoms with van der Waals surface area (Å²) in [6.45, 7) is 4.37. The van der Waals surface area contributed by atoms with E-state index in [2.05, 4.69) is 4.74 Å². The van der Waals surface area contributed by atoms with E-state index in [4.69, 9.17) is 0 Å². The Balaban J connectivity index is 3.67. The molecule has 5 heteroatoms. The van der Waals surface area contributed by atoms with Gasteiger partial charge in [0.1, 0.15) is 0 Å². The van der Waals surface area contributed by atoms with E-state index in [1.54, 1.807) is 0 Å². The van der Waals surface area contributed by atoms with Crippen LogP contribution in [0.5, 0.6) is 5.75 Å². The highest BCUT2D eigenvalue weighted by atomic mass is 19.2. The first-order valence-corrected chi connectivity index (χ1v) is 4.62. The highest BCUT2D eigenvalue weighted by Gasteiger charge is 2.32. The molecule has 16 heavy (non-hydrogen) atoms. The molecule has 0 fully saturated rings. The van der Waals surface area contributed by atoms with Crippen LogP contribution >= 0.6 is 0 Å². The summed E-state index contributed by atoms with van der Waals surface area (Å²) in [7, 11) is 0.942. The van der Waals surface area contributed by atoms with Crippen LogP contribution in [0.3, 0.4) is 0 Å². The van der Waals surface area contributed by atoms with Crippen molar-refractivity contribution in [3.63, 3.8) is 0 Å². The Hall–Kier alpha value is -1.26. The Morgan fingerprint density at radius 1 is 0.812 bits per heavy atom. The topological polar surface area (TPSA) is 9.23 Å². The number of hydrogen-bond acceptors (Lipinski definition) is 1. The molecule has 0 bridgehead atoms. The van der Waals surface area contributed by atoms with Crippen LogP contribution in [0.1, 0.15) is 26.3 Å². The first kappa shape index (κ1) is 12.8. The van der Waals surface area contributed by atoms with Crippen molar-refractivity contribution in [1.29, 1.82) is 0 Å². The zero-order valence-corrected chi connectivity index (χ0v) is 9.42. The standard InChI is InChI=1S/C11H12F4O/c1-11(2,3)5-6(12)8(14)10(16-4)9(15)7(5)13/h1-4H3. The Labute approximate surface area is 91.0 Å². The van der Waals surface area contributed by atoms with Crippen molar-refractivity contribution in [1.82, 2.24) is 0 Å². The maximum Gasteiger partial charge on any atom is 0.204 e. The van der Waals surface area contributed by atoms with Gasteiger partial charge in [0.2, 0.25) is 11.6 Å². The second kappa shape index (κ2) is 3.96. The molecule has 0 aliphatic carbocycles. The van der Waals surface area contributed by atoms with E-state index in [9.17, 15) is 17.6 Å². The summed E-state index contributed by atoms with van der Waals surface area (Å²) in [5.74, 6) is -6.88. The van der Waals surface area contributed by atoms with Gasteiger partial charge in [-0.25, -0.2) is 8.78 Å². The Bertz CT molecular complexity index is 392. The van der Waals surface area contributed by atoms with Gasteiger partial charge in [-0.2, -0.15) is 8.78 Å². The molecule has 90 valence electrons. The number of ether oxygens (including phenoxy) is 1. The van der Waals surface area contributed by atoms with Crippen LogP contribution < -0.4 is 4.74 Å². The molecular weight excluding hydrogens is 224 g/mol. The van der Waals surface area contributed by atoms with Gasteiger partial charge in [0.05, 0.1) is 7.11 Å². The molecule has 1 aromatic carbocycles. The minimum atomic E-state index is -1.51. The maximum absolute atomic E-state index is 13.5. The van der Waals surface area contributed by atoms with E-state index >= 15 is 0 Å². The molecule has 0 radical (unpaired) electrons. The Kier molecular flexibility index (Phi) is 3.17. The lowest BCUT2D eigenvalue weighted by atomic mass is 9.86. The predicted molar refractivity (Wildman–Crippen MR) is 51.5 cm³/mol. The fourth-order valence-corrected chi connectivity index (χ4v) is 1.45. The monoisotopic (exact) mass is 236 g/mol. The van der Waals surface area contributed by atoms with Crippen LogP contribution in [0.15, 0.2) is 0 Å². The van der Waals surface area contributed by atoms with Crippen molar-refractivity contribution in [3.8, 4) is 5.75 Å². The number of hydrogen-bond donors (Lipinski definition) is 0. The summed E-state index contributed by atoms with van der Waals surface area (Å²) in [6.07, 6.45) is 0. The fraction of sp³-hybridized carbons (Fsp3) is 0.455. The first-order valence-electron chi connectivity index (χ1n) is 4.62. The van der Waals surface area contributed by atoms with Crippen LogP contribution in [0.2, 0.25) is 0 Å². The van der Waals surface area contributed by atoms with Gasteiger partial charge in [0, 0.05) is 5.56 Å². The fourth-order valence-electron chi connectivity index (χ4n) is 1.45. The van der Waals surface area contributed by atoms with Gasteiger partial charge >= 0.3 is 0 Å². The molecule has 1 rings (SSSR count). The number of halogens is 4. The van der Waals surface area contributed by atoms with Crippen molar-refractivity contribution in [3.05, 3.63) is 28.8 Å². The lowest BCUT2D eigenvalue weighted by Crippen LogP contribution is -2.19. The van der Waals surface area contributed by atoms with Crippen molar-refractivity contribution >= 4 is 0 Å². The van der Waals surface area contributed by atoms with Crippen LogP contribution in [0.25, 0.3) is 0 Å². The molecule has 0 unspecified atom stereocenters. The quantitative estimate of drug-likeness (QED) is 0.535. The van der Waals surface area contributed by atoms with Crippen LogP contribution in [0.4, 0.5) is 17.6 Å².